The van der Waals surface area contributed by atoms with E-state index >= 15 is 0 Å². The van der Waals surface area contributed by atoms with Gasteiger partial charge in [0.15, 0.2) is 11.5 Å². The SMILES string of the molecule is CC(C)CC1C(=O)NC(C)CN1C(=O)c1cc(-c2ccc(F)cc2F)on1. The summed E-state index contributed by atoms with van der Waals surface area (Å²) in [6.07, 6.45) is 0.515. The summed E-state index contributed by atoms with van der Waals surface area (Å²) < 4.78 is 32.1. The zero-order valence-electron chi connectivity index (χ0n) is 15.3. The summed E-state index contributed by atoms with van der Waals surface area (Å²) in [5.74, 6) is -1.95. The third-order valence-electron chi connectivity index (χ3n) is 4.42. The molecule has 0 radical (unpaired) electrons. The van der Waals surface area contributed by atoms with E-state index < -0.39 is 23.6 Å². The number of nitrogens with zero attached hydrogens (tertiary/aromatic N) is 2. The van der Waals surface area contributed by atoms with Crippen molar-refractivity contribution in [3.05, 3.63) is 41.6 Å². The number of halogens is 2. The Hall–Kier alpha value is -2.77. The van der Waals surface area contributed by atoms with E-state index in [2.05, 4.69) is 10.5 Å². The molecule has 2 amide bonds. The lowest BCUT2D eigenvalue weighted by atomic mass is 9.98. The first-order valence-corrected chi connectivity index (χ1v) is 8.79. The molecule has 2 unspecified atom stereocenters. The second-order valence-electron chi connectivity index (χ2n) is 7.21. The van der Waals surface area contributed by atoms with Gasteiger partial charge in [-0.1, -0.05) is 19.0 Å². The summed E-state index contributed by atoms with van der Waals surface area (Å²) in [5.41, 5.74) is -0.0178. The Bertz CT molecular complexity index is 866. The molecule has 0 bridgehead atoms. The lowest BCUT2D eigenvalue weighted by Gasteiger charge is -2.38. The maximum absolute atomic E-state index is 13.9. The highest BCUT2D eigenvalue weighted by Crippen LogP contribution is 2.26. The molecule has 2 aromatic rings. The molecule has 8 heteroatoms. The number of amides is 2. The molecule has 1 aliphatic heterocycles. The third-order valence-corrected chi connectivity index (χ3v) is 4.42. The molecule has 144 valence electrons. The van der Waals surface area contributed by atoms with Crippen LogP contribution in [0.4, 0.5) is 8.78 Å². The first kappa shape index (κ1) is 19.0. The van der Waals surface area contributed by atoms with Crippen molar-refractivity contribution in [3.63, 3.8) is 0 Å². The van der Waals surface area contributed by atoms with Crippen LogP contribution < -0.4 is 5.32 Å². The summed E-state index contributed by atoms with van der Waals surface area (Å²) >= 11 is 0. The van der Waals surface area contributed by atoms with Gasteiger partial charge in [-0.2, -0.15) is 0 Å². The van der Waals surface area contributed by atoms with E-state index in [1.807, 2.05) is 20.8 Å². The number of rotatable bonds is 4. The van der Waals surface area contributed by atoms with Gasteiger partial charge in [0.25, 0.3) is 5.91 Å². The van der Waals surface area contributed by atoms with Crippen LogP contribution in [0.25, 0.3) is 11.3 Å². The first-order chi connectivity index (χ1) is 12.8. The van der Waals surface area contributed by atoms with Gasteiger partial charge >= 0.3 is 0 Å². The Balaban J connectivity index is 1.88. The molecule has 1 fully saturated rings. The molecule has 1 aromatic carbocycles. The van der Waals surface area contributed by atoms with Gasteiger partial charge in [-0.3, -0.25) is 9.59 Å². The van der Waals surface area contributed by atoms with Crippen LogP contribution in [0.1, 0.15) is 37.7 Å². The monoisotopic (exact) mass is 377 g/mol. The molecule has 1 saturated heterocycles. The average molecular weight is 377 g/mol. The van der Waals surface area contributed by atoms with E-state index in [1.165, 1.54) is 17.0 Å². The largest absolute Gasteiger partial charge is 0.355 e. The second-order valence-corrected chi connectivity index (χ2v) is 7.21. The van der Waals surface area contributed by atoms with Crippen LogP contribution >= 0.6 is 0 Å². The fourth-order valence-electron chi connectivity index (χ4n) is 3.19. The highest BCUT2D eigenvalue weighted by molar-refractivity contribution is 5.97. The second kappa shape index (κ2) is 7.46. The van der Waals surface area contributed by atoms with Crippen LogP contribution in [0.15, 0.2) is 28.8 Å². The molecule has 3 rings (SSSR count). The van der Waals surface area contributed by atoms with Crippen molar-refractivity contribution in [2.24, 2.45) is 5.92 Å². The number of hydrogen-bond donors (Lipinski definition) is 1. The summed E-state index contributed by atoms with van der Waals surface area (Å²) in [6, 6.07) is 3.56. The number of carbonyl (C=O) groups is 2. The summed E-state index contributed by atoms with van der Waals surface area (Å²) in [7, 11) is 0. The molecule has 0 spiro atoms. The normalized spacial score (nSPS) is 20.1. The highest BCUT2D eigenvalue weighted by Gasteiger charge is 2.37. The molecular formula is C19H21F2N3O3. The number of nitrogens with one attached hydrogen (secondary N) is 1. The molecule has 0 saturated carbocycles. The molecule has 0 aliphatic carbocycles. The fraction of sp³-hybridized carbons (Fsp3) is 0.421. The van der Waals surface area contributed by atoms with E-state index in [-0.39, 0.29) is 34.9 Å². The number of piperazine rings is 1. The van der Waals surface area contributed by atoms with E-state index in [4.69, 9.17) is 4.52 Å². The number of carbonyl (C=O) groups excluding carboxylic acids is 2. The minimum absolute atomic E-state index is 0.00596. The molecule has 1 aromatic heterocycles. The minimum atomic E-state index is -0.811. The van der Waals surface area contributed by atoms with Crippen molar-refractivity contribution < 1.29 is 22.9 Å². The maximum Gasteiger partial charge on any atom is 0.276 e. The van der Waals surface area contributed by atoms with Crippen LogP contribution in [0.3, 0.4) is 0 Å². The molecule has 2 heterocycles. The Kier molecular flexibility index (Phi) is 5.25. The van der Waals surface area contributed by atoms with Crippen LogP contribution in [0.5, 0.6) is 0 Å². The summed E-state index contributed by atoms with van der Waals surface area (Å²) in [4.78, 5) is 26.8. The van der Waals surface area contributed by atoms with Crippen molar-refractivity contribution in [2.45, 2.75) is 39.3 Å². The molecule has 1 N–H and O–H groups in total. The molecule has 2 atom stereocenters. The van der Waals surface area contributed by atoms with Crippen LogP contribution in [0.2, 0.25) is 0 Å². The standard InChI is InChI=1S/C19H21F2N3O3/c1-10(2)6-16-18(25)22-11(3)9-24(16)19(26)15-8-17(27-23-15)13-5-4-12(20)7-14(13)21/h4-5,7-8,10-11,16H,6,9H2,1-3H3,(H,22,25). The van der Waals surface area contributed by atoms with E-state index in [0.717, 1.165) is 12.1 Å². The molecular weight excluding hydrogens is 356 g/mol. The van der Waals surface area contributed by atoms with Gasteiger partial charge in [-0.25, -0.2) is 8.78 Å². The number of benzene rings is 1. The smallest absolute Gasteiger partial charge is 0.276 e. The highest BCUT2D eigenvalue weighted by atomic mass is 19.1. The van der Waals surface area contributed by atoms with Crippen molar-refractivity contribution in [3.8, 4) is 11.3 Å². The van der Waals surface area contributed by atoms with Crippen molar-refractivity contribution in [1.29, 1.82) is 0 Å². The lowest BCUT2D eigenvalue weighted by Crippen LogP contribution is -2.61. The topological polar surface area (TPSA) is 75.4 Å². The first-order valence-electron chi connectivity index (χ1n) is 8.79. The molecule has 1 aliphatic rings. The predicted molar refractivity (Wildman–Crippen MR) is 93.7 cm³/mol. The maximum atomic E-state index is 13.9. The van der Waals surface area contributed by atoms with Gasteiger partial charge in [0.2, 0.25) is 5.91 Å². The number of hydrogen-bond acceptors (Lipinski definition) is 4. The Morgan fingerprint density at radius 3 is 2.78 bits per heavy atom. The van der Waals surface area contributed by atoms with Crippen LogP contribution in [0, 0.1) is 17.6 Å². The summed E-state index contributed by atoms with van der Waals surface area (Å²) in [6.45, 7) is 6.10. The van der Waals surface area contributed by atoms with Crippen LogP contribution in [-0.4, -0.2) is 40.5 Å². The Morgan fingerprint density at radius 1 is 1.37 bits per heavy atom. The van der Waals surface area contributed by atoms with Crippen LogP contribution in [-0.2, 0) is 4.79 Å². The predicted octanol–water partition coefficient (Wildman–Crippen LogP) is 3.00. The lowest BCUT2D eigenvalue weighted by molar-refractivity contribution is -0.129. The fourth-order valence-corrected chi connectivity index (χ4v) is 3.19. The van der Waals surface area contributed by atoms with Gasteiger partial charge in [-0.05, 0) is 31.4 Å². The van der Waals surface area contributed by atoms with Crippen molar-refractivity contribution >= 4 is 11.8 Å². The summed E-state index contributed by atoms with van der Waals surface area (Å²) in [5, 5.41) is 6.59. The van der Waals surface area contributed by atoms with Gasteiger partial charge < -0.3 is 14.7 Å². The zero-order valence-corrected chi connectivity index (χ0v) is 15.3. The van der Waals surface area contributed by atoms with E-state index in [0.29, 0.717) is 13.0 Å². The zero-order chi connectivity index (χ0) is 19.7. The Morgan fingerprint density at radius 2 is 2.11 bits per heavy atom. The van der Waals surface area contributed by atoms with Crippen molar-refractivity contribution in [1.82, 2.24) is 15.4 Å². The van der Waals surface area contributed by atoms with Gasteiger partial charge in [0.1, 0.15) is 17.7 Å². The van der Waals surface area contributed by atoms with Gasteiger partial charge in [0.05, 0.1) is 5.56 Å². The van der Waals surface area contributed by atoms with Crippen molar-refractivity contribution in [2.75, 3.05) is 6.54 Å². The Labute approximate surface area is 155 Å². The molecule has 27 heavy (non-hydrogen) atoms. The van der Waals surface area contributed by atoms with E-state index in [1.54, 1.807) is 0 Å². The van der Waals surface area contributed by atoms with E-state index in [9.17, 15) is 18.4 Å². The van der Waals surface area contributed by atoms with Gasteiger partial charge in [0, 0.05) is 24.7 Å². The average Bonchev–Trinajstić information content (AvgIpc) is 3.06. The number of aromatic nitrogens is 1. The third kappa shape index (κ3) is 3.99. The minimum Gasteiger partial charge on any atom is -0.355 e. The van der Waals surface area contributed by atoms with Gasteiger partial charge in [-0.15, -0.1) is 0 Å². The molecule has 6 nitrogen and oxygen atoms in total. The quantitative estimate of drug-likeness (QED) is 0.889.